The summed E-state index contributed by atoms with van der Waals surface area (Å²) in [5.74, 6) is 0. The Bertz CT molecular complexity index is 436. The smallest absolute Gasteiger partial charge is 0.194 e. The van der Waals surface area contributed by atoms with Crippen molar-refractivity contribution in [2.45, 2.75) is 12.5 Å². The molecule has 1 aromatic carbocycles. The first-order valence-electron chi connectivity index (χ1n) is 4.10. The van der Waals surface area contributed by atoms with Gasteiger partial charge in [-0.2, -0.15) is 20.8 Å². The predicted octanol–water partition coefficient (Wildman–Crippen LogP) is 3.23. The highest BCUT2D eigenvalue weighted by atomic mass is 35.5. The SMILES string of the molecule is CC(C#N)(C#N)N=Nc1ccc(Cl)cc1. The second kappa shape index (κ2) is 4.54. The lowest BCUT2D eigenvalue weighted by Crippen LogP contribution is -2.14. The molecule has 0 saturated heterocycles. The molecule has 0 radical (unpaired) electrons. The summed E-state index contributed by atoms with van der Waals surface area (Å²) in [6.07, 6.45) is 0. The van der Waals surface area contributed by atoms with Crippen LogP contribution < -0.4 is 0 Å². The number of rotatable bonds is 2. The topological polar surface area (TPSA) is 72.3 Å². The summed E-state index contributed by atoms with van der Waals surface area (Å²) in [5, 5.41) is 25.3. The molecule has 1 aromatic rings. The fraction of sp³-hybridized carbons (Fsp3) is 0.200. The number of benzene rings is 1. The molecule has 0 aliphatic rings. The van der Waals surface area contributed by atoms with E-state index in [9.17, 15) is 0 Å². The molecule has 5 heteroatoms. The van der Waals surface area contributed by atoms with Gasteiger partial charge in [0.05, 0.1) is 5.69 Å². The first-order chi connectivity index (χ1) is 7.09. The second-order valence-corrected chi connectivity index (χ2v) is 3.41. The Kier molecular flexibility index (Phi) is 3.38. The van der Waals surface area contributed by atoms with Crippen LogP contribution in [0.2, 0.25) is 5.02 Å². The Morgan fingerprint density at radius 3 is 2.20 bits per heavy atom. The van der Waals surface area contributed by atoms with E-state index in [2.05, 4.69) is 10.2 Å². The van der Waals surface area contributed by atoms with E-state index in [-0.39, 0.29) is 0 Å². The second-order valence-electron chi connectivity index (χ2n) is 2.97. The molecule has 0 amide bonds. The van der Waals surface area contributed by atoms with Gasteiger partial charge in [0.15, 0.2) is 0 Å². The predicted molar refractivity (Wildman–Crippen MR) is 55.6 cm³/mol. The number of azo groups is 1. The van der Waals surface area contributed by atoms with Gasteiger partial charge in [0.1, 0.15) is 12.1 Å². The minimum atomic E-state index is -1.43. The van der Waals surface area contributed by atoms with Gasteiger partial charge >= 0.3 is 0 Å². The van der Waals surface area contributed by atoms with Gasteiger partial charge in [-0.05, 0) is 31.2 Å². The standard InChI is InChI=1S/C10H7ClN4/c1-10(6-12,7-13)15-14-9-4-2-8(11)3-5-9/h2-5H,1H3. The van der Waals surface area contributed by atoms with E-state index < -0.39 is 5.54 Å². The van der Waals surface area contributed by atoms with Gasteiger partial charge in [-0.3, -0.25) is 0 Å². The lowest BCUT2D eigenvalue weighted by atomic mass is 10.1. The van der Waals surface area contributed by atoms with Crippen molar-refractivity contribution in [3.63, 3.8) is 0 Å². The van der Waals surface area contributed by atoms with Gasteiger partial charge in [0.2, 0.25) is 5.54 Å². The Hall–Kier alpha value is -1.91. The van der Waals surface area contributed by atoms with Crippen LogP contribution in [0.4, 0.5) is 5.69 Å². The van der Waals surface area contributed by atoms with E-state index in [0.717, 1.165) is 0 Å². The molecule has 15 heavy (non-hydrogen) atoms. The van der Waals surface area contributed by atoms with Crippen molar-refractivity contribution in [2.24, 2.45) is 10.2 Å². The highest BCUT2D eigenvalue weighted by Crippen LogP contribution is 2.18. The molecule has 0 unspecified atom stereocenters. The molecule has 0 aromatic heterocycles. The van der Waals surface area contributed by atoms with Crippen LogP contribution in [0.15, 0.2) is 34.5 Å². The Labute approximate surface area is 92.4 Å². The molecule has 0 spiro atoms. The van der Waals surface area contributed by atoms with E-state index in [4.69, 9.17) is 22.1 Å². The van der Waals surface area contributed by atoms with Crippen LogP contribution in [0, 0.1) is 22.7 Å². The lowest BCUT2D eigenvalue weighted by Gasteiger charge is -2.01. The Morgan fingerprint density at radius 2 is 1.73 bits per heavy atom. The highest BCUT2D eigenvalue weighted by Gasteiger charge is 2.21. The quantitative estimate of drug-likeness (QED) is 0.715. The third kappa shape index (κ3) is 3.05. The summed E-state index contributed by atoms with van der Waals surface area (Å²) in [7, 11) is 0. The average molecular weight is 219 g/mol. The molecule has 0 aliphatic carbocycles. The molecule has 0 N–H and O–H groups in total. The van der Waals surface area contributed by atoms with E-state index in [0.29, 0.717) is 10.7 Å². The van der Waals surface area contributed by atoms with Crippen LogP contribution in [0.5, 0.6) is 0 Å². The number of hydrogen-bond acceptors (Lipinski definition) is 4. The van der Waals surface area contributed by atoms with Crippen molar-refractivity contribution in [2.75, 3.05) is 0 Å². The summed E-state index contributed by atoms with van der Waals surface area (Å²) in [6.45, 7) is 1.40. The van der Waals surface area contributed by atoms with Crippen LogP contribution in [0.25, 0.3) is 0 Å². The fourth-order valence-corrected chi connectivity index (χ4v) is 0.861. The normalized spacial score (nSPS) is 10.9. The monoisotopic (exact) mass is 218 g/mol. The van der Waals surface area contributed by atoms with Crippen molar-refractivity contribution in [3.05, 3.63) is 29.3 Å². The maximum atomic E-state index is 8.66. The Balaban J connectivity index is 2.88. The molecule has 74 valence electrons. The van der Waals surface area contributed by atoms with Gasteiger partial charge in [-0.1, -0.05) is 11.6 Å². The minimum absolute atomic E-state index is 0.552. The highest BCUT2D eigenvalue weighted by molar-refractivity contribution is 6.30. The van der Waals surface area contributed by atoms with Crippen LogP contribution in [0.3, 0.4) is 0 Å². The van der Waals surface area contributed by atoms with Crippen molar-refractivity contribution in [3.8, 4) is 12.1 Å². The number of nitrogens with zero attached hydrogens (tertiary/aromatic N) is 4. The Morgan fingerprint density at radius 1 is 1.20 bits per heavy atom. The largest absolute Gasteiger partial charge is 0.249 e. The zero-order valence-corrected chi connectivity index (χ0v) is 8.73. The van der Waals surface area contributed by atoms with Gasteiger partial charge in [0.25, 0.3) is 0 Å². The van der Waals surface area contributed by atoms with Gasteiger partial charge in [0, 0.05) is 5.02 Å². The van der Waals surface area contributed by atoms with E-state index in [1.54, 1.807) is 36.4 Å². The van der Waals surface area contributed by atoms with Crippen molar-refractivity contribution >= 4 is 17.3 Å². The fourth-order valence-electron chi connectivity index (χ4n) is 0.735. The molecular formula is C10H7ClN4. The van der Waals surface area contributed by atoms with Crippen molar-refractivity contribution in [1.29, 1.82) is 10.5 Å². The summed E-state index contributed by atoms with van der Waals surface area (Å²) >= 11 is 5.68. The van der Waals surface area contributed by atoms with Gasteiger partial charge in [-0.25, -0.2) is 0 Å². The molecule has 0 bridgehead atoms. The van der Waals surface area contributed by atoms with E-state index >= 15 is 0 Å². The first-order valence-corrected chi connectivity index (χ1v) is 4.48. The molecule has 4 nitrogen and oxygen atoms in total. The maximum Gasteiger partial charge on any atom is 0.249 e. The van der Waals surface area contributed by atoms with Gasteiger partial charge in [-0.15, -0.1) is 0 Å². The van der Waals surface area contributed by atoms with Crippen LogP contribution in [-0.2, 0) is 0 Å². The lowest BCUT2D eigenvalue weighted by molar-refractivity contribution is 0.720. The number of halogens is 1. The molecule has 1 rings (SSSR count). The van der Waals surface area contributed by atoms with Crippen molar-refractivity contribution < 1.29 is 0 Å². The average Bonchev–Trinajstić information content (AvgIpc) is 2.28. The first kappa shape index (κ1) is 11.2. The van der Waals surface area contributed by atoms with Crippen LogP contribution in [-0.4, -0.2) is 5.54 Å². The molecular weight excluding hydrogens is 212 g/mol. The van der Waals surface area contributed by atoms with E-state index in [1.165, 1.54) is 6.92 Å². The van der Waals surface area contributed by atoms with Crippen LogP contribution in [0.1, 0.15) is 6.92 Å². The number of nitriles is 2. The maximum absolute atomic E-state index is 8.66. The molecule has 0 atom stereocenters. The summed E-state index contributed by atoms with van der Waals surface area (Å²) < 4.78 is 0. The van der Waals surface area contributed by atoms with Crippen LogP contribution >= 0.6 is 11.6 Å². The third-order valence-corrected chi connectivity index (χ3v) is 1.88. The molecule has 0 fully saturated rings. The van der Waals surface area contributed by atoms with E-state index in [1.807, 2.05) is 0 Å². The molecule has 0 saturated carbocycles. The molecule has 0 aliphatic heterocycles. The van der Waals surface area contributed by atoms with Crippen molar-refractivity contribution in [1.82, 2.24) is 0 Å². The summed E-state index contributed by atoms with van der Waals surface area (Å²) in [4.78, 5) is 0. The molecule has 0 heterocycles. The summed E-state index contributed by atoms with van der Waals surface area (Å²) in [6, 6.07) is 10.1. The van der Waals surface area contributed by atoms with Gasteiger partial charge < -0.3 is 0 Å². The zero-order valence-electron chi connectivity index (χ0n) is 7.98. The number of hydrogen-bond donors (Lipinski definition) is 0. The minimum Gasteiger partial charge on any atom is -0.194 e. The summed E-state index contributed by atoms with van der Waals surface area (Å²) in [5.41, 5.74) is -0.879. The zero-order chi connectivity index (χ0) is 11.3. The third-order valence-electron chi connectivity index (χ3n) is 1.63.